The maximum absolute atomic E-state index is 8.92. The van der Waals surface area contributed by atoms with E-state index in [2.05, 4.69) is 4.98 Å². The minimum atomic E-state index is 0.168. The van der Waals surface area contributed by atoms with Gasteiger partial charge in [-0.2, -0.15) is 0 Å². The molecule has 0 bridgehead atoms. The molecule has 13 heavy (non-hydrogen) atoms. The third-order valence-electron chi connectivity index (χ3n) is 2.29. The molecule has 0 saturated carbocycles. The van der Waals surface area contributed by atoms with Crippen molar-refractivity contribution >= 4 is 0 Å². The molecule has 1 aromatic rings. The van der Waals surface area contributed by atoms with Crippen molar-refractivity contribution in [1.82, 2.24) is 9.55 Å². The Kier molecular flexibility index (Phi) is 3.92. The van der Waals surface area contributed by atoms with Crippen LogP contribution in [0.1, 0.15) is 12.2 Å². The first-order valence-corrected chi connectivity index (χ1v) is 4.55. The van der Waals surface area contributed by atoms with Gasteiger partial charge in [-0.15, -0.1) is 0 Å². The van der Waals surface area contributed by atoms with Gasteiger partial charge in [0.15, 0.2) is 0 Å². The molecule has 0 spiro atoms. The summed E-state index contributed by atoms with van der Waals surface area (Å²) in [5.41, 5.74) is 5.47. The highest BCUT2D eigenvalue weighted by Gasteiger charge is 2.06. The standard InChI is InChI=1S/C9H17N3O/c1-12-5-4-11-9(12)3-2-8(6-10)7-13/h4-5,8,13H,2-3,6-7,10H2,1H3. The van der Waals surface area contributed by atoms with Crippen LogP contribution < -0.4 is 5.73 Å². The Morgan fingerprint density at radius 1 is 1.69 bits per heavy atom. The number of rotatable bonds is 5. The van der Waals surface area contributed by atoms with Crippen molar-refractivity contribution in [3.05, 3.63) is 18.2 Å². The minimum absolute atomic E-state index is 0.168. The van der Waals surface area contributed by atoms with Crippen LogP contribution >= 0.6 is 0 Å². The molecule has 0 amide bonds. The van der Waals surface area contributed by atoms with Gasteiger partial charge in [-0.05, 0) is 18.9 Å². The average Bonchev–Trinajstić information content (AvgIpc) is 2.54. The fraction of sp³-hybridized carbons (Fsp3) is 0.667. The number of aromatic nitrogens is 2. The van der Waals surface area contributed by atoms with E-state index in [1.807, 2.05) is 17.8 Å². The molecule has 3 N–H and O–H groups in total. The molecule has 0 aliphatic carbocycles. The normalized spacial score (nSPS) is 13.2. The van der Waals surface area contributed by atoms with Crippen molar-refractivity contribution in [3.63, 3.8) is 0 Å². The van der Waals surface area contributed by atoms with Crippen LogP contribution in [0.25, 0.3) is 0 Å². The Labute approximate surface area is 78.4 Å². The molecule has 0 aliphatic heterocycles. The van der Waals surface area contributed by atoms with Crippen LogP contribution in [-0.2, 0) is 13.5 Å². The predicted octanol–water partition coefficient (Wildman–Crippen LogP) is -0.0801. The SMILES string of the molecule is Cn1ccnc1CCC(CN)CO. The topological polar surface area (TPSA) is 64.1 Å². The molecule has 0 saturated heterocycles. The number of aryl methyl sites for hydroxylation is 2. The summed E-state index contributed by atoms with van der Waals surface area (Å²) in [6.07, 6.45) is 5.49. The zero-order valence-corrected chi connectivity index (χ0v) is 7.98. The molecule has 1 rings (SSSR count). The number of aliphatic hydroxyl groups excluding tert-OH is 1. The monoisotopic (exact) mass is 183 g/mol. The summed E-state index contributed by atoms with van der Waals surface area (Å²) in [6.45, 7) is 0.710. The van der Waals surface area contributed by atoms with E-state index >= 15 is 0 Å². The van der Waals surface area contributed by atoms with Crippen molar-refractivity contribution in [2.75, 3.05) is 13.2 Å². The van der Waals surface area contributed by atoms with Crippen molar-refractivity contribution in [2.45, 2.75) is 12.8 Å². The highest BCUT2D eigenvalue weighted by molar-refractivity contribution is 4.91. The lowest BCUT2D eigenvalue weighted by Gasteiger charge is -2.10. The highest BCUT2D eigenvalue weighted by Crippen LogP contribution is 2.06. The smallest absolute Gasteiger partial charge is 0.108 e. The lowest BCUT2D eigenvalue weighted by atomic mass is 10.0. The van der Waals surface area contributed by atoms with Gasteiger partial charge in [-0.3, -0.25) is 0 Å². The van der Waals surface area contributed by atoms with E-state index in [9.17, 15) is 0 Å². The van der Waals surface area contributed by atoms with Crippen molar-refractivity contribution < 1.29 is 5.11 Å². The summed E-state index contributed by atoms with van der Waals surface area (Å²) < 4.78 is 1.99. The van der Waals surface area contributed by atoms with Crippen molar-refractivity contribution in [2.24, 2.45) is 18.7 Å². The number of hydrogen-bond donors (Lipinski definition) is 2. The molecule has 0 radical (unpaired) electrons. The van der Waals surface area contributed by atoms with E-state index in [1.165, 1.54) is 0 Å². The van der Waals surface area contributed by atoms with Gasteiger partial charge in [0.2, 0.25) is 0 Å². The predicted molar refractivity (Wildman–Crippen MR) is 51.2 cm³/mol. The zero-order chi connectivity index (χ0) is 9.68. The van der Waals surface area contributed by atoms with E-state index < -0.39 is 0 Å². The second kappa shape index (κ2) is 4.99. The number of nitrogens with zero attached hydrogens (tertiary/aromatic N) is 2. The van der Waals surface area contributed by atoms with Gasteiger partial charge >= 0.3 is 0 Å². The Morgan fingerprint density at radius 3 is 2.92 bits per heavy atom. The molecular formula is C9H17N3O. The number of hydrogen-bond acceptors (Lipinski definition) is 3. The van der Waals surface area contributed by atoms with E-state index in [0.717, 1.165) is 18.7 Å². The summed E-state index contributed by atoms with van der Waals surface area (Å²) >= 11 is 0. The first-order valence-electron chi connectivity index (χ1n) is 4.55. The molecule has 0 aliphatic rings. The fourth-order valence-electron chi connectivity index (χ4n) is 1.25. The van der Waals surface area contributed by atoms with E-state index in [1.54, 1.807) is 6.20 Å². The quantitative estimate of drug-likeness (QED) is 0.671. The molecule has 4 heteroatoms. The van der Waals surface area contributed by atoms with Gasteiger partial charge in [0.25, 0.3) is 0 Å². The zero-order valence-electron chi connectivity index (χ0n) is 7.98. The van der Waals surface area contributed by atoms with Crippen LogP contribution in [0, 0.1) is 5.92 Å². The molecule has 4 nitrogen and oxygen atoms in total. The first kappa shape index (κ1) is 10.2. The van der Waals surface area contributed by atoms with Gasteiger partial charge in [-0.25, -0.2) is 4.98 Å². The third kappa shape index (κ3) is 2.82. The summed E-state index contributed by atoms with van der Waals surface area (Å²) in [6, 6.07) is 0. The van der Waals surface area contributed by atoms with Gasteiger partial charge in [0.05, 0.1) is 0 Å². The number of imidazole rings is 1. The van der Waals surface area contributed by atoms with Crippen LogP contribution in [0.5, 0.6) is 0 Å². The molecule has 1 aromatic heterocycles. The van der Waals surface area contributed by atoms with Crippen LogP contribution in [0.3, 0.4) is 0 Å². The van der Waals surface area contributed by atoms with E-state index in [4.69, 9.17) is 10.8 Å². The molecule has 1 heterocycles. The molecule has 1 unspecified atom stereocenters. The molecule has 0 fully saturated rings. The van der Waals surface area contributed by atoms with Crippen molar-refractivity contribution in [3.8, 4) is 0 Å². The summed E-state index contributed by atoms with van der Waals surface area (Å²) in [4.78, 5) is 4.20. The van der Waals surface area contributed by atoms with Crippen LogP contribution in [-0.4, -0.2) is 27.8 Å². The fourth-order valence-corrected chi connectivity index (χ4v) is 1.25. The Morgan fingerprint density at radius 2 is 2.46 bits per heavy atom. The lowest BCUT2D eigenvalue weighted by Crippen LogP contribution is -2.19. The van der Waals surface area contributed by atoms with Crippen molar-refractivity contribution in [1.29, 1.82) is 0 Å². The van der Waals surface area contributed by atoms with Crippen LogP contribution in [0.2, 0.25) is 0 Å². The van der Waals surface area contributed by atoms with Crippen LogP contribution in [0.4, 0.5) is 0 Å². The second-order valence-corrected chi connectivity index (χ2v) is 3.28. The summed E-state index contributed by atoms with van der Waals surface area (Å²) in [5.74, 6) is 1.25. The first-order chi connectivity index (χ1) is 6.27. The van der Waals surface area contributed by atoms with Gasteiger partial charge < -0.3 is 15.4 Å². The maximum atomic E-state index is 8.92. The molecule has 0 aromatic carbocycles. The van der Waals surface area contributed by atoms with Gasteiger partial charge in [0.1, 0.15) is 5.82 Å². The Hall–Kier alpha value is -0.870. The number of aliphatic hydroxyl groups is 1. The molecule has 1 atom stereocenters. The number of nitrogens with two attached hydrogens (primary N) is 1. The van der Waals surface area contributed by atoms with Gasteiger partial charge in [-0.1, -0.05) is 0 Å². The van der Waals surface area contributed by atoms with E-state index in [-0.39, 0.29) is 12.5 Å². The maximum Gasteiger partial charge on any atom is 0.108 e. The highest BCUT2D eigenvalue weighted by atomic mass is 16.3. The largest absolute Gasteiger partial charge is 0.396 e. The molecular weight excluding hydrogens is 166 g/mol. The Balaban J connectivity index is 2.38. The minimum Gasteiger partial charge on any atom is -0.396 e. The second-order valence-electron chi connectivity index (χ2n) is 3.28. The summed E-state index contributed by atoms with van der Waals surface area (Å²) in [7, 11) is 1.97. The van der Waals surface area contributed by atoms with Gasteiger partial charge in [0, 0.05) is 32.5 Å². The lowest BCUT2D eigenvalue weighted by molar-refractivity contribution is 0.222. The average molecular weight is 183 g/mol. The van der Waals surface area contributed by atoms with E-state index in [0.29, 0.717) is 6.54 Å². The third-order valence-corrected chi connectivity index (χ3v) is 2.29. The van der Waals surface area contributed by atoms with Crippen LogP contribution in [0.15, 0.2) is 12.4 Å². The summed E-state index contributed by atoms with van der Waals surface area (Å²) in [5, 5.41) is 8.92. The Bertz CT molecular complexity index is 243. The molecule has 74 valence electrons.